The number of halogens is 1. The molecule has 7 heteroatoms. The highest BCUT2D eigenvalue weighted by molar-refractivity contribution is 9.10. The highest BCUT2D eigenvalue weighted by atomic mass is 79.9. The number of piperidine rings is 1. The first-order valence-electron chi connectivity index (χ1n) is 8.07. The molecule has 0 radical (unpaired) electrons. The molecule has 3 aromatic heterocycles. The zero-order valence-corrected chi connectivity index (χ0v) is 15.4. The third-order valence-corrected chi connectivity index (χ3v) is 6.28. The summed E-state index contributed by atoms with van der Waals surface area (Å²) >= 11 is 5.18. The smallest absolute Gasteiger partial charge is 0.150 e. The van der Waals surface area contributed by atoms with E-state index in [0.29, 0.717) is 12.1 Å². The van der Waals surface area contributed by atoms with E-state index in [-0.39, 0.29) is 0 Å². The zero-order chi connectivity index (χ0) is 16.1. The molecule has 2 unspecified atom stereocenters. The zero-order valence-electron chi connectivity index (χ0n) is 13.0. The van der Waals surface area contributed by atoms with Crippen LogP contribution in [0.25, 0.3) is 10.2 Å². The molecule has 0 N–H and O–H groups in total. The van der Waals surface area contributed by atoms with Gasteiger partial charge in [0.15, 0.2) is 5.82 Å². The molecule has 122 valence electrons. The summed E-state index contributed by atoms with van der Waals surface area (Å²) < 4.78 is 2.25. The third kappa shape index (κ3) is 2.42. The molecule has 5 nitrogen and oxygen atoms in total. The Hall–Kier alpha value is -1.57. The van der Waals surface area contributed by atoms with Gasteiger partial charge in [0.05, 0.1) is 15.9 Å². The largest absolute Gasteiger partial charge is 0.347 e. The fourth-order valence-electron chi connectivity index (χ4n) is 3.86. The lowest BCUT2D eigenvalue weighted by Crippen LogP contribution is -2.69. The molecule has 0 spiro atoms. The minimum absolute atomic E-state index is 0.555. The standard InChI is InChI=1S/C17H16BrN5S/c18-11-1-2-12(19-6-11)7-22-8-13-5-14(9-22)23(13)17-16-15(3-4-24-16)20-10-21-17/h1-4,6,10,13-14H,5,7-9H2. The number of piperazine rings is 1. The monoisotopic (exact) mass is 401 g/mol. The van der Waals surface area contributed by atoms with Crippen LogP contribution in [0.2, 0.25) is 0 Å². The molecule has 24 heavy (non-hydrogen) atoms. The van der Waals surface area contributed by atoms with Gasteiger partial charge in [0.25, 0.3) is 0 Å². The number of hydrogen-bond acceptors (Lipinski definition) is 6. The Morgan fingerprint density at radius 2 is 2.00 bits per heavy atom. The Morgan fingerprint density at radius 1 is 1.12 bits per heavy atom. The number of hydrogen-bond donors (Lipinski definition) is 0. The molecule has 0 aliphatic carbocycles. The Kier molecular flexibility index (Phi) is 3.53. The van der Waals surface area contributed by atoms with E-state index in [2.05, 4.69) is 64.3 Å². The third-order valence-electron chi connectivity index (χ3n) is 4.91. The fourth-order valence-corrected chi connectivity index (χ4v) is 4.93. The summed E-state index contributed by atoms with van der Waals surface area (Å²) in [5, 5.41) is 2.10. The van der Waals surface area contributed by atoms with Crippen LogP contribution < -0.4 is 4.90 Å². The fraction of sp³-hybridized carbons (Fsp3) is 0.353. The summed E-state index contributed by atoms with van der Waals surface area (Å²) in [6, 6.07) is 7.35. The van der Waals surface area contributed by atoms with E-state index in [1.165, 1.54) is 11.1 Å². The van der Waals surface area contributed by atoms with Crippen LogP contribution in [-0.2, 0) is 6.54 Å². The minimum atomic E-state index is 0.555. The van der Waals surface area contributed by atoms with Gasteiger partial charge in [-0.1, -0.05) is 0 Å². The Balaban J connectivity index is 1.34. The van der Waals surface area contributed by atoms with Crippen molar-refractivity contribution >= 4 is 43.3 Å². The van der Waals surface area contributed by atoms with Gasteiger partial charge in [0.1, 0.15) is 6.33 Å². The first-order chi connectivity index (χ1) is 11.8. The van der Waals surface area contributed by atoms with Crippen LogP contribution in [0.3, 0.4) is 0 Å². The summed E-state index contributed by atoms with van der Waals surface area (Å²) in [4.78, 5) is 18.5. The van der Waals surface area contributed by atoms with Gasteiger partial charge in [-0.05, 0) is 45.9 Å². The molecule has 2 atom stereocenters. The molecule has 3 aliphatic heterocycles. The van der Waals surface area contributed by atoms with Crippen LogP contribution in [0.4, 0.5) is 5.82 Å². The van der Waals surface area contributed by atoms with Crippen LogP contribution >= 0.6 is 27.3 Å². The van der Waals surface area contributed by atoms with Crippen molar-refractivity contribution in [2.75, 3.05) is 18.0 Å². The highest BCUT2D eigenvalue weighted by Gasteiger charge is 2.45. The predicted octanol–water partition coefficient (Wildman–Crippen LogP) is 3.31. The number of aromatic nitrogens is 3. The van der Waals surface area contributed by atoms with Crippen molar-refractivity contribution in [1.29, 1.82) is 0 Å². The molecule has 3 aromatic rings. The first-order valence-corrected chi connectivity index (χ1v) is 9.74. The SMILES string of the molecule is Brc1ccc(CN2CC3CC(C2)N3c2ncnc3ccsc23)nc1. The van der Waals surface area contributed by atoms with Crippen LogP contribution in [0.15, 0.2) is 40.6 Å². The maximum absolute atomic E-state index is 4.59. The number of pyridine rings is 1. The minimum Gasteiger partial charge on any atom is -0.347 e. The molecule has 0 saturated carbocycles. The van der Waals surface area contributed by atoms with Gasteiger partial charge in [-0.3, -0.25) is 9.88 Å². The second-order valence-electron chi connectivity index (χ2n) is 6.44. The average molecular weight is 402 g/mol. The van der Waals surface area contributed by atoms with Crippen molar-refractivity contribution in [3.8, 4) is 0 Å². The van der Waals surface area contributed by atoms with Crippen LogP contribution in [0, 0.1) is 0 Å². The van der Waals surface area contributed by atoms with Crippen molar-refractivity contribution in [3.63, 3.8) is 0 Å². The number of nitrogens with zero attached hydrogens (tertiary/aromatic N) is 5. The quantitative estimate of drug-likeness (QED) is 0.673. The molecule has 0 amide bonds. The normalized spacial score (nSPS) is 23.5. The molecule has 3 fully saturated rings. The van der Waals surface area contributed by atoms with Crippen molar-refractivity contribution in [2.45, 2.75) is 25.0 Å². The lowest BCUT2D eigenvalue weighted by atomic mass is 9.87. The van der Waals surface area contributed by atoms with Crippen molar-refractivity contribution in [2.24, 2.45) is 0 Å². The summed E-state index contributed by atoms with van der Waals surface area (Å²) in [5.74, 6) is 1.12. The van der Waals surface area contributed by atoms with Gasteiger partial charge in [-0.25, -0.2) is 9.97 Å². The molecular weight excluding hydrogens is 386 g/mol. The Morgan fingerprint density at radius 3 is 2.79 bits per heavy atom. The van der Waals surface area contributed by atoms with E-state index in [0.717, 1.165) is 41.1 Å². The van der Waals surface area contributed by atoms with Crippen LogP contribution in [0.5, 0.6) is 0 Å². The van der Waals surface area contributed by atoms with Gasteiger partial charge in [-0.15, -0.1) is 11.3 Å². The van der Waals surface area contributed by atoms with E-state index in [1.807, 2.05) is 6.20 Å². The van der Waals surface area contributed by atoms with E-state index >= 15 is 0 Å². The van der Waals surface area contributed by atoms with E-state index < -0.39 is 0 Å². The van der Waals surface area contributed by atoms with Gasteiger partial charge in [0.2, 0.25) is 0 Å². The lowest BCUT2D eigenvalue weighted by molar-refractivity contribution is 0.107. The highest BCUT2D eigenvalue weighted by Crippen LogP contribution is 2.40. The molecule has 3 aliphatic rings. The van der Waals surface area contributed by atoms with E-state index in [4.69, 9.17) is 0 Å². The Bertz CT molecular complexity index is 868. The van der Waals surface area contributed by atoms with E-state index in [9.17, 15) is 0 Å². The molecule has 3 saturated heterocycles. The van der Waals surface area contributed by atoms with Gasteiger partial charge < -0.3 is 4.90 Å². The second kappa shape index (κ2) is 5.75. The lowest BCUT2D eigenvalue weighted by Gasteiger charge is -2.57. The summed E-state index contributed by atoms with van der Waals surface area (Å²) in [6.45, 7) is 3.07. The molecule has 6 heterocycles. The van der Waals surface area contributed by atoms with Crippen molar-refractivity contribution in [1.82, 2.24) is 19.9 Å². The van der Waals surface area contributed by atoms with Gasteiger partial charge in [-0.2, -0.15) is 0 Å². The maximum atomic E-state index is 4.59. The molecule has 2 bridgehead atoms. The van der Waals surface area contributed by atoms with Crippen molar-refractivity contribution in [3.05, 3.63) is 46.3 Å². The summed E-state index contributed by atoms with van der Waals surface area (Å²) in [6.07, 6.45) is 4.84. The second-order valence-corrected chi connectivity index (χ2v) is 8.28. The Labute approximate surface area is 152 Å². The van der Waals surface area contributed by atoms with Crippen molar-refractivity contribution < 1.29 is 0 Å². The summed E-state index contributed by atoms with van der Waals surface area (Å²) in [7, 11) is 0. The molecular formula is C17H16BrN5S. The van der Waals surface area contributed by atoms with Crippen LogP contribution in [-0.4, -0.2) is 45.0 Å². The summed E-state index contributed by atoms with van der Waals surface area (Å²) in [5.41, 5.74) is 2.19. The first kappa shape index (κ1) is 14.7. The number of fused-ring (bicyclic) bond motifs is 3. The molecule has 6 rings (SSSR count). The van der Waals surface area contributed by atoms with E-state index in [1.54, 1.807) is 17.7 Å². The molecule has 0 aromatic carbocycles. The maximum Gasteiger partial charge on any atom is 0.150 e. The van der Waals surface area contributed by atoms with Crippen LogP contribution in [0.1, 0.15) is 12.1 Å². The number of thiophene rings is 1. The number of rotatable bonds is 3. The predicted molar refractivity (Wildman–Crippen MR) is 99.3 cm³/mol. The van der Waals surface area contributed by atoms with Gasteiger partial charge >= 0.3 is 0 Å². The topological polar surface area (TPSA) is 45.2 Å². The number of anilines is 1. The average Bonchev–Trinajstić information content (AvgIpc) is 3.07. The van der Waals surface area contributed by atoms with Gasteiger partial charge in [0, 0.05) is 42.4 Å².